The van der Waals surface area contributed by atoms with E-state index in [9.17, 15) is 19.2 Å². The highest BCUT2D eigenvalue weighted by Crippen LogP contribution is 2.54. The molecule has 0 spiro atoms. The van der Waals surface area contributed by atoms with Gasteiger partial charge in [-0.15, -0.1) is 0 Å². The Hall–Kier alpha value is -3.86. The van der Waals surface area contributed by atoms with Crippen LogP contribution in [0.2, 0.25) is 5.02 Å². The molecule has 3 atom stereocenters. The molecular formula is C29H22ClN3O5S2. The molecule has 3 unspecified atom stereocenters. The first-order valence-corrected chi connectivity index (χ1v) is 14.5. The zero-order valence-electron chi connectivity index (χ0n) is 21.1. The number of fused-ring (bicyclic) bond motifs is 2. The number of halogens is 1. The second-order valence-electron chi connectivity index (χ2n) is 9.48. The molecule has 2 aliphatic rings. The number of carbonyl (C=O) groups is 3. The monoisotopic (exact) mass is 591 g/mol. The predicted octanol–water partition coefficient (Wildman–Crippen LogP) is 5.21. The number of aromatic amines is 1. The summed E-state index contributed by atoms with van der Waals surface area (Å²) in [5.41, 5.74) is 2.72. The van der Waals surface area contributed by atoms with Crippen LogP contribution in [0.15, 0.2) is 82.6 Å². The third-order valence-electron chi connectivity index (χ3n) is 6.84. The van der Waals surface area contributed by atoms with Crippen molar-refractivity contribution in [2.75, 3.05) is 16.8 Å². The highest BCUT2D eigenvalue weighted by atomic mass is 35.5. The van der Waals surface area contributed by atoms with E-state index < -0.39 is 17.1 Å². The minimum absolute atomic E-state index is 0.288. The molecule has 0 saturated carbocycles. The van der Waals surface area contributed by atoms with Gasteiger partial charge in [0.1, 0.15) is 11.0 Å². The van der Waals surface area contributed by atoms with E-state index >= 15 is 0 Å². The summed E-state index contributed by atoms with van der Waals surface area (Å²) < 4.78 is 5.98. The maximum Gasteiger partial charge on any atom is 0.305 e. The van der Waals surface area contributed by atoms with E-state index in [1.807, 2.05) is 25.1 Å². The summed E-state index contributed by atoms with van der Waals surface area (Å²) in [6, 6.07) is 21.1. The lowest BCUT2D eigenvalue weighted by Crippen LogP contribution is -2.32. The predicted molar refractivity (Wildman–Crippen MR) is 156 cm³/mol. The highest BCUT2D eigenvalue weighted by Gasteiger charge is 2.56. The number of thioether (sulfide) groups is 1. The topological polar surface area (TPSA) is 109 Å². The van der Waals surface area contributed by atoms with Crippen LogP contribution in [0, 0.1) is 12.8 Å². The maximum absolute atomic E-state index is 13.9. The molecule has 0 aliphatic carbocycles. The van der Waals surface area contributed by atoms with Gasteiger partial charge in [0.2, 0.25) is 11.8 Å². The normalized spacial score (nSPS) is 19.8. The van der Waals surface area contributed by atoms with Gasteiger partial charge in [-0.25, -0.2) is 4.90 Å². The third kappa shape index (κ3) is 4.83. The molecule has 3 amide bonds. The molecule has 8 nitrogen and oxygen atoms in total. The van der Waals surface area contributed by atoms with Gasteiger partial charge in [-0.2, -0.15) is 0 Å². The fourth-order valence-electron chi connectivity index (χ4n) is 5.05. The first-order chi connectivity index (χ1) is 19.3. The molecule has 11 heteroatoms. The van der Waals surface area contributed by atoms with E-state index in [4.69, 9.17) is 16.3 Å². The van der Waals surface area contributed by atoms with Crippen LogP contribution in [0.1, 0.15) is 21.9 Å². The molecule has 1 saturated heterocycles. The average Bonchev–Trinajstić information content (AvgIpc) is 3.43. The Kier molecular flexibility index (Phi) is 6.99. The van der Waals surface area contributed by atoms with Crippen LogP contribution in [0.3, 0.4) is 0 Å². The molecule has 4 aromatic rings. The van der Waals surface area contributed by atoms with Crippen molar-refractivity contribution < 1.29 is 19.1 Å². The van der Waals surface area contributed by atoms with E-state index in [1.165, 1.54) is 16.7 Å². The quantitative estimate of drug-likeness (QED) is 0.298. The van der Waals surface area contributed by atoms with Gasteiger partial charge in [-0.1, -0.05) is 70.6 Å². The zero-order valence-corrected chi connectivity index (χ0v) is 23.4. The molecule has 3 heterocycles. The van der Waals surface area contributed by atoms with Crippen LogP contribution < -0.4 is 19.8 Å². The van der Waals surface area contributed by atoms with Gasteiger partial charge in [0.05, 0.1) is 16.6 Å². The van der Waals surface area contributed by atoms with Gasteiger partial charge in [0.25, 0.3) is 5.91 Å². The number of hydrogen-bond acceptors (Lipinski definition) is 7. The Morgan fingerprint density at radius 2 is 1.77 bits per heavy atom. The van der Waals surface area contributed by atoms with E-state index in [1.54, 1.807) is 54.6 Å². The molecule has 3 aromatic carbocycles. The number of aromatic nitrogens is 1. The zero-order chi connectivity index (χ0) is 28.0. The van der Waals surface area contributed by atoms with Crippen LogP contribution in [0.4, 0.5) is 11.4 Å². The summed E-state index contributed by atoms with van der Waals surface area (Å²) >= 11 is 8.60. The number of imide groups is 1. The lowest BCUT2D eigenvalue weighted by molar-refractivity contribution is -0.122. The second-order valence-corrected chi connectivity index (χ2v) is 12.1. The van der Waals surface area contributed by atoms with Gasteiger partial charge in [-0.3, -0.25) is 19.2 Å². The summed E-state index contributed by atoms with van der Waals surface area (Å²) in [5.74, 6) is -2.24. The Labute approximate surface area is 242 Å². The smallest absolute Gasteiger partial charge is 0.305 e. The largest absolute Gasteiger partial charge is 0.483 e. The van der Waals surface area contributed by atoms with E-state index in [0.717, 1.165) is 16.9 Å². The van der Waals surface area contributed by atoms with E-state index in [2.05, 4.69) is 10.3 Å². The minimum Gasteiger partial charge on any atom is -0.483 e. The van der Waals surface area contributed by atoms with Crippen molar-refractivity contribution in [3.05, 3.63) is 103 Å². The van der Waals surface area contributed by atoms with Gasteiger partial charge < -0.3 is 15.0 Å². The number of benzene rings is 3. The molecule has 40 heavy (non-hydrogen) atoms. The van der Waals surface area contributed by atoms with Gasteiger partial charge in [0.15, 0.2) is 6.61 Å². The molecule has 1 aromatic heterocycles. The average molecular weight is 592 g/mol. The van der Waals surface area contributed by atoms with Crippen molar-refractivity contribution in [1.82, 2.24) is 4.98 Å². The minimum atomic E-state index is -0.807. The Morgan fingerprint density at radius 1 is 1.02 bits per heavy atom. The Bertz CT molecular complexity index is 1690. The summed E-state index contributed by atoms with van der Waals surface area (Å²) in [5, 5.41) is 2.98. The van der Waals surface area contributed by atoms with Crippen molar-refractivity contribution in [3.8, 4) is 5.75 Å². The number of rotatable bonds is 6. The number of carbonyl (C=O) groups excluding carboxylic acids is 3. The molecule has 0 radical (unpaired) electrons. The van der Waals surface area contributed by atoms with Crippen molar-refractivity contribution in [1.29, 1.82) is 0 Å². The molecule has 2 aliphatic heterocycles. The second kappa shape index (κ2) is 10.6. The summed E-state index contributed by atoms with van der Waals surface area (Å²) in [6.07, 6.45) is 0. The summed E-state index contributed by atoms with van der Waals surface area (Å²) in [4.78, 5) is 57.0. The van der Waals surface area contributed by atoms with Gasteiger partial charge in [0, 0.05) is 27.1 Å². The number of hydrogen-bond donors (Lipinski definition) is 2. The van der Waals surface area contributed by atoms with Crippen LogP contribution in [-0.4, -0.2) is 34.6 Å². The van der Waals surface area contributed by atoms with Crippen LogP contribution in [0.5, 0.6) is 5.75 Å². The number of para-hydroxylation sites is 1. The number of nitrogens with zero attached hydrogens (tertiary/aromatic N) is 1. The van der Waals surface area contributed by atoms with Gasteiger partial charge in [-0.05, 0) is 49.4 Å². The lowest BCUT2D eigenvalue weighted by Gasteiger charge is -2.31. The fraction of sp³-hybridized carbons (Fsp3) is 0.172. The Morgan fingerprint density at radius 3 is 2.52 bits per heavy atom. The molecule has 0 bridgehead atoms. The number of nitrogens with one attached hydrogen (secondary N) is 2. The van der Waals surface area contributed by atoms with Crippen LogP contribution in [-0.2, 0) is 14.4 Å². The molecule has 6 rings (SSSR count). The summed E-state index contributed by atoms with van der Waals surface area (Å²) in [6.45, 7) is 1.66. The Balaban J connectivity index is 1.36. The fourth-order valence-corrected chi connectivity index (χ4v) is 7.74. The number of H-pyrrole nitrogens is 1. The number of thiazole rings is 1. The first kappa shape index (κ1) is 26.4. The number of amides is 3. The van der Waals surface area contributed by atoms with E-state index in [-0.39, 0.29) is 29.2 Å². The third-order valence-corrected chi connectivity index (χ3v) is 9.48. The SMILES string of the molecule is Cc1ccc(NC(=O)COc2ccc(Cl)cc2C2c3sc(=O)[nH]c3SC3C(=O)N(c4ccccc4)C(=O)C32)cc1. The first-order valence-electron chi connectivity index (χ1n) is 12.4. The molecule has 1 fully saturated rings. The van der Waals surface area contributed by atoms with Crippen molar-refractivity contribution in [3.63, 3.8) is 0 Å². The molecular weight excluding hydrogens is 570 g/mol. The standard InChI is InChI=1S/C29H22ClN3O5S2/c1-15-7-10-17(11-8-15)31-21(34)14-38-20-12-9-16(30)13-19(20)22-23-25(39-26-24(22)40-29(37)32-26)28(36)33(27(23)35)18-5-3-2-4-6-18/h2-13,22-23,25H,14H2,1H3,(H,31,34)(H,32,37). The lowest BCUT2D eigenvalue weighted by atomic mass is 9.82. The number of aryl methyl sites for hydroxylation is 1. The van der Waals surface area contributed by atoms with Crippen LogP contribution >= 0.6 is 34.7 Å². The van der Waals surface area contributed by atoms with Crippen molar-refractivity contribution in [2.45, 2.75) is 23.1 Å². The van der Waals surface area contributed by atoms with Crippen LogP contribution in [0.25, 0.3) is 0 Å². The number of ether oxygens (including phenoxy) is 1. The molecule has 202 valence electrons. The summed E-state index contributed by atoms with van der Waals surface area (Å²) in [7, 11) is 0. The molecule has 2 N–H and O–H groups in total. The van der Waals surface area contributed by atoms with Crippen molar-refractivity contribution >= 4 is 63.8 Å². The maximum atomic E-state index is 13.9. The van der Waals surface area contributed by atoms with E-state index in [0.29, 0.717) is 37.6 Å². The number of anilines is 2. The van der Waals surface area contributed by atoms with Crippen molar-refractivity contribution in [2.24, 2.45) is 5.92 Å². The highest BCUT2D eigenvalue weighted by molar-refractivity contribution is 8.00. The van der Waals surface area contributed by atoms with Gasteiger partial charge >= 0.3 is 4.87 Å².